The Bertz CT molecular complexity index is 1230. The van der Waals surface area contributed by atoms with E-state index in [4.69, 9.17) is 4.74 Å². The summed E-state index contributed by atoms with van der Waals surface area (Å²) in [6, 6.07) is 12.9. The van der Waals surface area contributed by atoms with E-state index in [1.54, 1.807) is 26.0 Å². The third-order valence-corrected chi connectivity index (χ3v) is 5.34. The minimum Gasteiger partial charge on any atom is -0.488 e. The van der Waals surface area contributed by atoms with Gasteiger partial charge in [-0.25, -0.2) is 13.6 Å². The smallest absolute Gasteiger partial charge is 0.461 e. The van der Waals surface area contributed by atoms with Crippen LogP contribution in [-0.4, -0.2) is 31.7 Å². The Morgan fingerprint density at radius 2 is 1.59 bits per heavy atom. The standard InChI is InChI=1S/C27H24F6O4/c1-15(2)36-24-13-18(8-9-23(24)29)22(10-16-4-6-17(7-5-16)25(34)35-3)19-11-20(28)14-21(12-19)37-27(32,33)26(30)31/h4-9,11-15,22,26H,10H2,1-3H3/t22-/m1/s1. The summed E-state index contributed by atoms with van der Waals surface area (Å²) in [6.45, 7) is 3.40. The number of esters is 1. The number of hydrogen-bond acceptors (Lipinski definition) is 4. The third kappa shape index (κ3) is 7.18. The van der Waals surface area contributed by atoms with Crippen LogP contribution in [0, 0.1) is 11.6 Å². The van der Waals surface area contributed by atoms with Crippen molar-refractivity contribution < 1.29 is 45.3 Å². The van der Waals surface area contributed by atoms with Gasteiger partial charge >= 0.3 is 18.5 Å². The fraction of sp³-hybridized carbons (Fsp3) is 0.296. The molecule has 10 heteroatoms. The molecule has 0 fully saturated rings. The van der Waals surface area contributed by atoms with Gasteiger partial charge in [-0.05, 0) is 73.4 Å². The van der Waals surface area contributed by atoms with Crippen molar-refractivity contribution in [2.24, 2.45) is 0 Å². The summed E-state index contributed by atoms with van der Waals surface area (Å²) >= 11 is 0. The van der Waals surface area contributed by atoms with Gasteiger partial charge < -0.3 is 14.2 Å². The van der Waals surface area contributed by atoms with Crippen molar-refractivity contribution in [3.8, 4) is 11.5 Å². The molecule has 0 saturated heterocycles. The topological polar surface area (TPSA) is 44.8 Å². The highest BCUT2D eigenvalue weighted by molar-refractivity contribution is 5.89. The van der Waals surface area contributed by atoms with Crippen LogP contribution in [0.3, 0.4) is 0 Å². The Kier molecular flexibility index (Phi) is 8.73. The molecule has 0 heterocycles. The third-order valence-electron chi connectivity index (χ3n) is 5.34. The van der Waals surface area contributed by atoms with E-state index in [2.05, 4.69) is 9.47 Å². The van der Waals surface area contributed by atoms with E-state index < -0.39 is 41.8 Å². The fourth-order valence-corrected chi connectivity index (χ4v) is 3.69. The van der Waals surface area contributed by atoms with Gasteiger partial charge in [0.05, 0.1) is 18.8 Å². The molecule has 0 aliphatic heterocycles. The molecule has 0 unspecified atom stereocenters. The highest BCUT2D eigenvalue weighted by Crippen LogP contribution is 2.36. The van der Waals surface area contributed by atoms with Gasteiger partial charge in [0.2, 0.25) is 0 Å². The van der Waals surface area contributed by atoms with Crippen molar-refractivity contribution in [3.63, 3.8) is 0 Å². The molecule has 0 amide bonds. The van der Waals surface area contributed by atoms with Crippen LogP contribution in [0.25, 0.3) is 0 Å². The molecule has 0 saturated carbocycles. The summed E-state index contributed by atoms with van der Waals surface area (Å²) in [5, 5.41) is 0. The first-order valence-corrected chi connectivity index (χ1v) is 11.2. The summed E-state index contributed by atoms with van der Waals surface area (Å²) in [6.07, 6.45) is -9.18. The zero-order chi connectivity index (χ0) is 27.3. The van der Waals surface area contributed by atoms with Gasteiger partial charge in [-0.3, -0.25) is 0 Å². The molecule has 3 rings (SSSR count). The van der Waals surface area contributed by atoms with Gasteiger partial charge in [-0.1, -0.05) is 18.2 Å². The molecule has 0 aliphatic rings. The van der Waals surface area contributed by atoms with Gasteiger partial charge in [0.15, 0.2) is 11.6 Å². The number of halogens is 6. The minimum atomic E-state index is -4.83. The lowest BCUT2D eigenvalue weighted by Crippen LogP contribution is -2.33. The number of rotatable bonds is 10. The number of carbonyl (C=O) groups is 1. The first-order chi connectivity index (χ1) is 17.4. The largest absolute Gasteiger partial charge is 0.488 e. The lowest BCUT2D eigenvalue weighted by atomic mass is 9.85. The average molecular weight is 526 g/mol. The van der Waals surface area contributed by atoms with Crippen LogP contribution in [0.1, 0.15) is 46.8 Å². The summed E-state index contributed by atoms with van der Waals surface area (Å²) in [4.78, 5) is 11.7. The highest BCUT2D eigenvalue weighted by Gasteiger charge is 2.44. The molecule has 4 nitrogen and oxygen atoms in total. The van der Waals surface area contributed by atoms with Crippen LogP contribution >= 0.6 is 0 Å². The van der Waals surface area contributed by atoms with Crippen molar-refractivity contribution in [3.05, 3.63) is 94.6 Å². The van der Waals surface area contributed by atoms with Crippen molar-refractivity contribution in [1.82, 2.24) is 0 Å². The van der Waals surface area contributed by atoms with Crippen LogP contribution in [0.5, 0.6) is 11.5 Å². The van der Waals surface area contributed by atoms with Crippen LogP contribution in [0.15, 0.2) is 60.7 Å². The number of carbonyl (C=O) groups excluding carboxylic acids is 1. The van der Waals surface area contributed by atoms with Crippen LogP contribution < -0.4 is 9.47 Å². The van der Waals surface area contributed by atoms with E-state index in [-0.39, 0.29) is 29.4 Å². The van der Waals surface area contributed by atoms with Gasteiger partial charge in [-0.15, -0.1) is 0 Å². The Morgan fingerprint density at radius 1 is 0.919 bits per heavy atom. The van der Waals surface area contributed by atoms with Gasteiger partial charge in [0.1, 0.15) is 11.6 Å². The molecule has 3 aromatic rings. The second kappa shape index (κ2) is 11.6. The van der Waals surface area contributed by atoms with E-state index in [0.717, 1.165) is 18.2 Å². The molecular formula is C27H24F6O4. The summed E-state index contributed by atoms with van der Waals surface area (Å²) < 4.78 is 95.5. The van der Waals surface area contributed by atoms with Crippen molar-refractivity contribution >= 4 is 5.97 Å². The van der Waals surface area contributed by atoms with E-state index in [9.17, 15) is 31.1 Å². The molecule has 37 heavy (non-hydrogen) atoms. The number of hydrogen-bond donors (Lipinski definition) is 0. The first-order valence-electron chi connectivity index (χ1n) is 11.2. The summed E-state index contributed by atoms with van der Waals surface area (Å²) in [5.41, 5.74) is 1.48. The fourth-order valence-electron chi connectivity index (χ4n) is 3.69. The number of methoxy groups -OCH3 is 1. The van der Waals surface area contributed by atoms with E-state index in [1.807, 2.05) is 0 Å². The number of benzene rings is 3. The van der Waals surface area contributed by atoms with Gasteiger partial charge in [0.25, 0.3) is 0 Å². The second-order valence-electron chi connectivity index (χ2n) is 8.49. The molecule has 1 atom stereocenters. The number of ether oxygens (including phenoxy) is 3. The zero-order valence-electron chi connectivity index (χ0n) is 20.1. The summed E-state index contributed by atoms with van der Waals surface area (Å²) in [7, 11) is 1.23. The van der Waals surface area contributed by atoms with Crippen molar-refractivity contribution in [2.75, 3.05) is 7.11 Å². The molecule has 0 aliphatic carbocycles. The van der Waals surface area contributed by atoms with E-state index >= 15 is 0 Å². The number of alkyl halides is 4. The maximum absolute atomic E-state index is 14.5. The SMILES string of the molecule is COC(=O)c1ccc(C[C@@H](c2cc(F)cc(OC(F)(F)C(F)F)c2)c2ccc(F)c(OC(C)C)c2)cc1. The Balaban J connectivity index is 2.08. The molecule has 3 aromatic carbocycles. The Hall–Kier alpha value is -3.69. The molecule has 0 bridgehead atoms. The quantitative estimate of drug-likeness (QED) is 0.208. The predicted octanol–water partition coefficient (Wildman–Crippen LogP) is 7.15. The van der Waals surface area contributed by atoms with E-state index in [0.29, 0.717) is 17.2 Å². The summed E-state index contributed by atoms with van der Waals surface area (Å²) in [5.74, 6) is -3.83. The predicted molar refractivity (Wildman–Crippen MR) is 123 cm³/mol. The van der Waals surface area contributed by atoms with Crippen molar-refractivity contribution in [2.45, 2.75) is 44.8 Å². The Morgan fingerprint density at radius 3 is 2.19 bits per heavy atom. The highest BCUT2D eigenvalue weighted by atomic mass is 19.3. The van der Waals surface area contributed by atoms with Crippen LogP contribution in [0.2, 0.25) is 0 Å². The second-order valence-corrected chi connectivity index (χ2v) is 8.49. The van der Waals surface area contributed by atoms with Gasteiger partial charge in [0, 0.05) is 12.0 Å². The van der Waals surface area contributed by atoms with Crippen LogP contribution in [0.4, 0.5) is 26.3 Å². The lowest BCUT2D eigenvalue weighted by Gasteiger charge is -2.22. The molecule has 0 N–H and O–H groups in total. The molecular weight excluding hydrogens is 502 g/mol. The maximum atomic E-state index is 14.5. The zero-order valence-corrected chi connectivity index (χ0v) is 20.1. The lowest BCUT2D eigenvalue weighted by molar-refractivity contribution is -0.253. The van der Waals surface area contributed by atoms with Crippen LogP contribution in [-0.2, 0) is 11.2 Å². The molecule has 198 valence electrons. The molecule has 0 radical (unpaired) electrons. The Labute approximate surface area is 209 Å². The molecule has 0 spiro atoms. The van der Waals surface area contributed by atoms with E-state index in [1.165, 1.54) is 31.4 Å². The van der Waals surface area contributed by atoms with Crippen molar-refractivity contribution in [1.29, 1.82) is 0 Å². The average Bonchev–Trinajstić information content (AvgIpc) is 2.83. The maximum Gasteiger partial charge on any atom is 0.461 e. The van der Waals surface area contributed by atoms with Gasteiger partial charge in [-0.2, -0.15) is 17.6 Å². The molecule has 0 aromatic heterocycles. The first kappa shape index (κ1) is 27.9. The monoisotopic (exact) mass is 526 g/mol. The normalized spacial score (nSPS) is 12.5. The minimum absolute atomic E-state index is 0.0735.